The van der Waals surface area contributed by atoms with Gasteiger partial charge in [0.05, 0.1) is 0 Å². The number of carbonyl (C=O) groups excluding carboxylic acids is 1. The van der Waals surface area contributed by atoms with Crippen LogP contribution in [0.4, 0.5) is 0 Å². The van der Waals surface area contributed by atoms with E-state index in [1.807, 2.05) is 6.07 Å². The summed E-state index contributed by atoms with van der Waals surface area (Å²) in [6, 6.07) is 10.9. The molecule has 1 aliphatic heterocycles. The molecule has 0 spiro atoms. The lowest BCUT2D eigenvalue weighted by Gasteiger charge is -2.40. The van der Waals surface area contributed by atoms with Crippen LogP contribution in [0.1, 0.15) is 57.1 Å². The minimum Gasteiger partial charge on any atom is -0.381 e. The number of ether oxygens (including phenoxy) is 1. The Bertz CT molecular complexity index is 582. The van der Waals surface area contributed by atoms with E-state index < -0.39 is 0 Å². The van der Waals surface area contributed by atoms with Gasteiger partial charge in [-0.3, -0.25) is 4.79 Å². The molecule has 2 fully saturated rings. The first-order valence-corrected chi connectivity index (χ1v) is 10.0. The maximum Gasteiger partial charge on any atom is 0.220 e. The average molecular weight is 432 g/mol. The van der Waals surface area contributed by atoms with Crippen molar-refractivity contribution in [3.05, 3.63) is 35.9 Å². The van der Waals surface area contributed by atoms with Crippen molar-refractivity contribution in [2.45, 2.75) is 63.1 Å². The standard InChI is InChI=1S/C21H33N3O2.2ClH/c1-16(17-6-3-2-4-7-17)24-21(10-12-26-13-11-21)15-23-20(25)14-18-8-5-9-19(18)22;;/h2-4,6-7,16,18-19,24H,5,8-15,22H2,1H3,(H,23,25);2*1H/t16?,18-,19+;;/m0../s1. The highest BCUT2D eigenvalue weighted by molar-refractivity contribution is 5.85. The zero-order valence-electron chi connectivity index (χ0n) is 16.7. The molecular formula is C21H35Cl2N3O2. The second kappa shape index (κ2) is 12.0. The van der Waals surface area contributed by atoms with E-state index in [0.717, 1.165) is 45.3 Å². The van der Waals surface area contributed by atoms with Gasteiger partial charge < -0.3 is 21.1 Å². The number of amides is 1. The molecule has 3 rings (SSSR count). The molecule has 1 amide bonds. The van der Waals surface area contributed by atoms with E-state index in [2.05, 4.69) is 41.8 Å². The maximum absolute atomic E-state index is 12.5. The molecular weight excluding hydrogens is 397 g/mol. The van der Waals surface area contributed by atoms with Gasteiger partial charge in [-0.25, -0.2) is 0 Å². The molecule has 7 heteroatoms. The third kappa shape index (κ3) is 6.89. The Morgan fingerprint density at radius 2 is 1.89 bits per heavy atom. The van der Waals surface area contributed by atoms with E-state index in [1.165, 1.54) is 5.56 Å². The van der Waals surface area contributed by atoms with Crippen LogP contribution in [0.15, 0.2) is 30.3 Å². The molecule has 5 nitrogen and oxygen atoms in total. The molecule has 1 saturated carbocycles. The zero-order chi connectivity index (χ0) is 18.4. The molecule has 0 aromatic heterocycles. The molecule has 3 atom stereocenters. The summed E-state index contributed by atoms with van der Waals surface area (Å²) in [4.78, 5) is 12.5. The van der Waals surface area contributed by atoms with E-state index in [-0.39, 0.29) is 48.3 Å². The minimum absolute atomic E-state index is 0. The number of halogens is 2. The zero-order valence-corrected chi connectivity index (χ0v) is 18.3. The van der Waals surface area contributed by atoms with Crippen molar-refractivity contribution in [2.24, 2.45) is 11.7 Å². The first kappa shape index (κ1) is 25.2. The smallest absolute Gasteiger partial charge is 0.220 e. The van der Waals surface area contributed by atoms with Crippen molar-refractivity contribution in [1.29, 1.82) is 0 Å². The minimum atomic E-state index is -0.110. The van der Waals surface area contributed by atoms with Crippen LogP contribution in [0.5, 0.6) is 0 Å². The van der Waals surface area contributed by atoms with Crippen LogP contribution in [0.2, 0.25) is 0 Å². The fourth-order valence-electron chi connectivity index (χ4n) is 4.32. The highest BCUT2D eigenvalue weighted by Gasteiger charge is 2.35. The predicted octanol–water partition coefficient (Wildman–Crippen LogP) is 3.36. The molecule has 1 unspecified atom stereocenters. The van der Waals surface area contributed by atoms with Gasteiger partial charge in [0.15, 0.2) is 0 Å². The van der Waals surface area contributed by atoms with Crippen molar-refractivity contribution < 1.29 is 9.53 Å². The number of nitrogens with one attached hydrogen (secondary N) is 2. The van der Waals surface area contributed by atoms with E-state index >= 15 is 0 Å². The van der Waals surface area contributed by atoms with Crippen molar-refractivity contribution in [1.82, 2.24) is 10.6 Å². The van der Waals surface area contributed by atoms with E-state index in [4.69, 9.17) is 10.5 Å². The summed E-state index contributed by atoms with van der Waals surface area (Å²) in [5, 5.41) is 6.97. The SMILES string of the molecule is CC(NC1(CNC(=O)C[C@@H]2CCC[C@H]2N)CCOCC1)c1ccccc1.Cl.Cl. The molecule has 1 saturated heterocycles. The van der Waals surface area contributed by atoms with Crippen molar-refractivity contribution in [2.75, 3.05) is 19.8 Å². The molecule has 1 aliphatic carbocycles. The lowest BCUT2D eigenvalue weighted by Crippen LogP contribution is -2.57. The third-order valence-electron chi connectivity index (χ3n) is 6.06. The monoisotopic (exact) mass is 431 g/mol. The topological polar surface area (TPSA) is 76.4 Å². The first-order chi connectivity index (χ1) is 12.6. The molecule has 28 heavy (non-hydrogen) atoms. The van der Waals surface area contributed by atoms with Gasteiger partial charge in [0.25, 0.3) is 0 Å². The fraction of sp³-hybridized carbons (Fsp3) is 0.667. The summed E-state index contributed by atoms with van der Waals surface area (Å²) in [6.45, 7) is 4.30. The average Bonchev–Trinajstić information content (AvgIpc) is 3.06. The van der Waals surface area contributed by atoms with Gasteiger partial charge in [-0.15, -0.1) is 24.8 Å². The summed E-state index contributed by atoms with van der Waals surface area (Å²) >= 11 is 0. The number of hydrogen-bond donors (Lipinski definition) is 3. The van der Waals surface area contributed by atoms with E-state index in [1.54, 1.807) is 0 Å². The Kier molecular flexibility index (Phi) is 10.8. The number of carbonyl (C=O) groups is 1. The Hall–Kier alpha value is -0.850. The highest BCUT2D eigenvalue weighted by atomic mass is 35.5. The van der Waals surface area contributed by atoms with E-state index in [0.29, 0.717) is 18.9 Å². The molecule has 0 bridgehead atoms. The van der Waals surface area contributed by atoms with Gasteiger partial charge in [0, 0.05) is 43.8 Å². The van der Waals surface area contributed by atoms with Crippen LogP contribution < -0.4 is 16.4 Å². The van der Waals surface area contributed by atoms with Crippen LogP contribution >= 0.6 is 24.8 Å². The summed E-state index contributed by atoms with van der Waals surface area (Å²) in [6.07, 6.45) is 5.66. The number of benzene rings is 1. The summed E-state index contributed by atoms with van der Waals surface area (Å²) in [5.74, 6) is 0.476. The Morgan fingerprint density at radius 3 is 2.50 bits per heavy atom. The van der Waals surface area contributed by atoms with Gasteiger partial charge in [-0.1, -0.05) is 36.8 Å². The van der Waals surface area contributed by atoms with Gasteiger partial charge in [0.1, 0.15) is 0 Å². The molecule has 1 aromatic rings. The van der Waals surface area contributed by atoms with Crippen molar-refractivity contribution >= 4 is 30.7 Å². The molecule has 4 N–H and O–H groups in total. The number of nitrogens with two attached hydrogens (primary N) is 1. The van der Waals surface area contributed by atoms with Crippen molar-refractivity contribution in [3.8, 4) is 0 Å². The van der Waals surface area contributed by atoms with Crippen LogP contribution in [0, 0.1) is 5.92 Å². The van der Waals surface area contributed by atoms with Crippen LogP contribution in [0.3, 0.4) is 0 Å². The second-order valence-electron chi connectivity index (χ2n) is 8.01. The molecule has 2 aliphatic rings. The normalized spacial score (nSPS) is 24.5. The van der Waals surface area contributed by atoms with Crippen LogP contribution in [-0.2, 0) is 9.53 Å². The molecule has 1 heterocycles. The maximum atomic E-state index is 12.5. The second-order valence-corrected chi connectivity index (χ2v) is 8.01. The predicted molar refractivity (Wildman–Crippen MR) is 118 cm³/mol. The molecule has 1 aromatic carbocycles. The van der Waals surface area contributed by atoms with E-state index in [9.17, 15) is 4.79 Å². The number of hydrogen-bond acceptors (Lipinski definition) is 4. The number of rotatable bonds is 7. The van der Waals surface area contributed by atoms with Gasteiger partial charge in [-0.2, -0.15) is 0 Å². The summed E-state index contributed by atoms with van der Waals surface area (Å²) in [5.41, 5.74) is 7.27. The van der Waals surface area contributed by atoms with Crippen LogP contribution in [-0.4, -0.2) is 37.2 Å². The van der Waals surface area contributed by atoms with Crippen molar-refractivity contribution in [3.63, 3.8) is 0 Å². The molecule has 160 valence electrons. The largest absolute Gasteiger partial charge is 0.381 e. The highest BCUT2D eigenvalue weighted by Crippen LogP contribution is 2.27. The Labute approximate surface area is 181 Å². The third-order valence-corrected chi connectivity index (χ3v) is 6.06. The van der Waals surface area contributed by atoms with Gasteiger partial charge in [-0.05, 0) is 44.1 Å². The lowest BCUT2D eigenvalue weighted by atomic mass is 9.88. The Balaban J connectivity index is 0.00000196. The molecule has 0 radical (unpaired) electrons. The quantitative estimate of drug-likeness (QED) is 0.618. The fourth-order valence-corrected chi connectivity index (χ4v) is 4.32. The lowest BCUT2D eigenvalue weighted by molar-refractivity contribution is -0.122. The first-order valence-electron chi connectivity index (χ1n) is 10.0. The summed E-state index contributed by atoms with van der Waals surface area (Å²) in [7, 11) is 0. The Morgan fingerprint density at radius 1 is 1.21 bits per heavy atom. The van der Waals surface area contributed by atoms with Gasteiger partial charge in [0.2, 0.25) is 5.91 Å². The summed E-state index contributed by atoms with van der Waals surface area (Å²) < 4.78 is 5.57. The van der Waals surface area contributed by atoms with Gasteiger partial charge >= 0.3 is 0 Å². The van der Waals surface area contributed by atoms with Crippen LogP contribution in [0.25, 0.3) is 0 Å².